The number of amides is 2. The summed E-state index contributed by atoms with van der Waals surface area (Å²) in [5, 5.41) is 7.21. The van der Waals surface area contributed by atoms with Gasteiger partial charge in [0.15, 0.2) is 0 Å². The van der Waals surface area contributed by atoms with Gasteiger partial charge < -0.3 is 5.32 Å². The van der Waals surface area contributed by atoms with E-state index in [0.29, 0.717) is 17.0 Å². The SMILES string of the molecule is O=C(NN=C(C=Cc1ccccc1)c1ccccc1)c1ccc(NC(=O)C2CC2)cc1. The summed E-state index contributed by atoms with van der Waals surface area (Å²) < 4.78 is 0. The molecule has 154 valence electrons. The number of rotatable bonds is 7. The number of benzene rings is 3. The van der Waals surface area contributed by atoms with Crippen LogP contribution in [0.3, 0.4) is 0 Å². The molecule has 1 saturated carbocycles. The zero-order valence-corrected chi connectivity index (χ0v) is 17.0. The molecule has 1 aliphatic rings. The van der Waals surface area contributed by atoms with Crippen molar-refractivity contribution in [3.05, 3.63) is 108 Å². The minimum absolute atomic E-state index is 0.0412. The molecule has 3 aromatic carbocycles. The van der Waals surface area contributed by atoms with E-state index in [1.165, 1.54) is 0 Å². The fourth-order valence-corrected chi connectivity index (χ4v) is 3.02. The van der Waals surface area contributed by atoms with Gasteiger partial charge in [0.05, 0.1) is 5.71 Å². The maximum atomic E-state index is 12.6. The third-order valence-corrected chi connectivity index (χ3v) is 4.94. The molecule has 0 aromatic heterocycles. The lowest BCUT2D eigenvalue weighted by molar-refractivity contribution is -0.117. The van der Waals surface area contributed by atoms with Crippen LogP contribution in [0.25, 0.3) is 6.08 Å². The Labute approximate surface area is 181 Å². The van der Waals surface area contributed by atoms with Gasteiger partial charge in [-0.2, -0.15) is 5.10 Å². The molecule has 0 saturated heterocycles. The van der Waals surface area contributed by atoms with Crippen molar-refractivity contribution < 1.29 is 9.59 Å². The van der Waals surface area contributed by atoms with E-state index in [1.807, 2.05) is 72.8 Å². The topological polar surface area (TPSA) is 70.6 Å². The second-order valence-electron chi connectivity index (χ2n) is 7.39. The zero-order chi connectivity index (χ0) is 21.5. The van der Waals surface area contributed by atoms with Gasteiger partial charge in [-0.1, -0.05) is 66.7 Å². The average Bonchev–Trinajstić information content (AvgIpc) is 3.66. The lowest BCUT2D eigenvalue weighted by Crippen LogP contribution is -2.20. The molecule has 0 atom stereocenters. The Kier molecular flexibility index (Phi) is 6.33. The summed E-state index contributed by atoms with van der Waals surface area (Å²) in [6, 6.07) is 26.4. The van der Waals surface area contributed by atoms with E-state index < -0.39 is 0 Å². The van der Waals surface area contributed by atoms with Gasteiger partial charge in [-0.05, 0) is 48.7 Å². The first-order valence-electron chi connectivity index (χ1n) is 10.3. The fraction of sp³-hybridized carbons (Fsp3) is 0.115. The van der Waals surface area contributed by atoms with E-state index in [9.17, 15) is 9.59 Å². The third kappa shape index (κ3) is 5.76. The van der Waals surface area contributed by atoms with Gasteiger partial charge in [0.1, 0.15) is 0 Å². The molecule has 0 radical (unpaired) electrons. The fourth-order valence-electron chi connectivity index (χ4n) is 3.02. The van der Waals surface area contributed by atoms with Gasteiger partial charge >= 0.3 is 0 Å². The maximum Gasteiger partial charge on any atom is 0.271 e. The van der Waals surface area contributed by atoms with Crippen LogP contribution in [-0.2, 0) is 4.79 Å². The molecular formula is C26H23N3O2. The van der Waals surface area contributed by atoms with Gasteiger partial charge in [0, 0.05) is 22.7 Å². The van der Waals surface area contributed by atoms with E-state index in [4.69, 9.17) is 0 Å². The van der Waals surface area contributed by atoms with Crippen LogP contribution in [0.15, 0.2) is 96.1 Å². The quantitative estimate of drug-likeness (QED) is 0.431. The molecule has 1 aliphatic carbocycles. The minimum Gasteiger partial charge on any atom is -0.326 e. The second-order valence-corrected chi connectivity index (χ2v) is 7.39. The number of hydrazone groups is 1. The highest BCUT2D eigenvalue weighted by Crippen LogP contribution is 2.30. The summed E-state index contributed by atoms with van der Waals surface area (Å²) in [7, 11) is 0. The van der Waals surface area contributed by atoms with Crippen LogP contribution in [0.5, 0.6) is 0 Å². The second kappa shape index (κ2) is 9.67. The van der Waals surface area contributed by atoms with Gasteiger partial charge in [0.25, 0.3) is 5.91 Å². The summed E-state index contributed by atoms with van der Waals surface area (Å²) in [6.07, 6.45) is 5.73. The minimum atomic E-state index is -0.318. The molecule has 1 fully saturated rings. The lowest BCUT2D eigenvalue weighted by Gasteiger charge is -2.06. The number of nitrogens with one attached hydrogen (secondary N) is 2. The summed E-state index contributed by atoms with van der Waals surface area (Å²) in [4.78, 5) is 24.4. The maximum absolute atomic E-state index is 12.6. The van der Waals surface area contributed by atoms with Crippen LogP contribution in [-0.4, -0.2) is 17.5 Å². The van der Waals surface area contributed by atoms with Crippen LogP contribution >= 0.6 is 0 Å². The molecule has 31 heavy (non-hydrogen) atoms. The number of hydrogen-bond acceptors (Lipinski definition) is 3. The summed E-state index contributed by atoms with van der Waals surface area (Å²) in [5.41, 5.74) is 6.37. The Morgan fingerprint density at radius 3 is 2.10 bits per heavy atom. The van der Waals surface area contributed by atoms with Gasteiger partial charge in [-0.15, -0.1) is 0 Å². The van der Waals surface area contributed by atoms with Gasteiger partial charge in [-0.3, -0.25) is 9.59 Å². The molecule has 0 unspecified atom stereocenters. The number of allylic oxidation sites excluding steroid dienone is 1. The predicted molar refractivity (Wildman–Crippen MR) is 124 cm³/mol. The molecule has 0 heterocycles. The first-order chi connectivity index (χ1) is 15.2. The Bertz CT molecular complexity index is 1100. The van der Waals surface area contributed by atoms with Crippen molar-refractivity contribution in [2.75, 3.05) is 5.32 Å². The van der Waals surface area contributed by atoms with Crippen LogP contribution in [0, 0.1) is 5.92 Å². The molecule has 5 heteroatoms. The van der Waals surface area contributed by atoms with Crippen molar-refractivity contribution in [2.24, 2.45) is 11.0 Å². The van der Waals surface area contributed by atoms with Gasteiger partial charge in [-0.25, -0.2) is 5.43 Å². The molecule has 0 aliphatic heterocycles. The highest BCUT2D eigenvalue weighted by Gasteiger charge is 2.29. The molecular weight excluding hydrogens is 386 g/mol. The van der Waals surface area contributed by atoms with Crippen molar-refractivity contribution in [1.82, 2.24) is 5.43 Å². The van der Waals surface area contributed by atoms with Crippen molar-refractivity contribution in [1.29, 1.82) is 0 Å². The smallest absolute Gasteiger partial charge is 0.271 e. The summed E-state index contributed by atoms with van der Waals surface area (Å²) >= 11 is 0. The highest BCUT2D eigenvalue weighted by molar-refractivity contribution is 6.11. The van der Waals surface area contributed by atoms with Crippen molar-refractivity contribution in [3.8, 4) is 0 Å². The van der Waals surface area contributed by atoms with Crippen LogP contribution in [0.2, 0.25) is 0 Å². The van der Waals surface area contributed by atoms with Crippen molar-refractivity contribution in [2.45, 2.75) is 12.8 Å². The average molecular weight is 409 g/mol. The largest absolute Gasteiger partial charge is 0.326 e. The van der Waals surface area contributed by atoms with Crippen LogP contribution in [0.4, 0.5) is 5.69 Å². The molecule has 5 nitrogen and oxygen atoms in total. The van der Waals surface area contributed by atoms with Gasteiger partial charge in [0.2, 0.25) is 5.91 Å². The number of anilines is 1. The van der Waals surface area contributed by atoms with E-state index >= 15 is 0 Å². The standard InChI is InChI=1S/C26H23N3O2/c30-25(21-12-13-21)27-23-16-14-22(15-17-23)26(31)29-28-24(20-9-5-2-6-10-20)18-11-19-7-3-1-4-8-19/h1-11,14-18,21H,12-13H2,(H,27,30)(H,29,31). The van der Waals surface area contributed by atoms with Crippen molar-refractivity contribution >= 4 is 29.3 Å². The van der Waals surface area contributed by atoms with Crippen LogP contribution < -0.4 is 10.7 Å². The van der Waals surface area contributed by atoms with E-state index in [1.54, 1.807) is 24.3 Å². The molecule has 0 bridgehead atoms. The number of nitrogens with zero attached hydrogens (tertiary/aromatic N) is 1. The molecule has 0 spiro atoms. The number of carbonyl (C=O) groups is 2. The lowest BCUT2D eigenvalue weighted by atomic mass is 10.1. The van der Waals surface area contributed by atoms with Crippen LogP contribution in [0.1, 0.15) is 34.3 Å². The van der Waals surface area contributed by atoms with E-state index in [0.717, 1.165) is 24.0 Å². The van der Waals surface area contributed by atoms with E-state index in [2.05, 4.69) is 15.8 Å². The first-order valence-corrected chi connectivity index (χ1v) is 10.3. The van der Waals surface area contributed by atoms with E-state index in [-0.39, 0.29) is 17.7 Å². The predicted octanol–water partition coefficient (Wildman–Crippen LogP) is 4.88. The molecule has 4 rings (SSSR count). The van der Waals surface area contributed by atoms with Crippen molar-refractivity contribution in [3.63, 3.8) is 0 Å². The Hall–Kier alpha value is -3.99. The molecule has 2 amide bonds. The molecule has 3 aromatic rings. The number of hydrogen-bond donors (Lipinski definition) is 2. The summed E-state index contributed by atoms with van der Waals surface area (Å²) in [5.74, 6) is -0.140. The molecule has 2 N–H and O–H groups in total. The number of carbonyl (C=O) groups excluding carboxylic acids is 2. The normalized spacial score (nSPS) is 13.7. The Morgan fingerprint density at radius 1 is 0.806 bits per heavy atom. The summed E-state index contributed by atoms with van der Waals surface area (Å²) in [6.45, 7) is 0. The zero-order valence-electron chi connectivity index (χ0n) is 17.0. The first kappa shape index (κ1) is 20.3. The Morgan fingerprint density at radius 2 is 1.45 bits per heavy atom. The third-order valence-electron chi connectivity index (χ3n) is 4.94. The Balaban J connectivity index is 1.46. The highest BCUT2D eigenvalue weighted by atomic mass is 16.2. The monoisotopic (exact) mass is 409 g/mol.